The van der Waals surface area contributed by atoms with Gasteiger partial charge in [-0.2, -0.15) is 0 Å². The summed E-state index contributed by atoms with van der Waals surface area (Å²) in [5.41, 5.74) is 0.186. The first kappa shape index (κ1) is 14.9. The summed E-state index contributed by atoms with van der Waals surface area (Å²) in [7, 11) is -0.916. The quantitative estimate of drug-likeness (QED) is 0.657. The molecule has 0 aliphatic heterocycles. The fourth-order valence-electron chi connectivity index (χ4n) is 1.35. The monoisotopic (exact) mass is 271 g/mol. The lowest BCUT2D eigenvalue weighted by molar-refractivity contribution is 0.0594. The maximum Gasteiger partial charge on any atom is 0.360 e. The molecule has 0 spiro atoms. The van der Waals surface area contributed by atoms with Gasteiger partial charge < -0.3 is 13.9 Å². The third-order valence-electron chi connectivity index (χ3n) is 3.57. The van der Waals surface area contributed by atoms with Gasteiger partial charge in [0.15, 0.2) is 19.9 Å². The van der Waals surface area contributed by atoms with Crippen molar-refractivity contribution in [2.75, 3.05) is 7.11 Å². The van der Waals surface area contributed by atoms with E-state index in [1.54, 1.807) is 0 Å². The summed E-state index contributed by atoms with van der Waals surface area (Å²) < 4.78 is 9.77. The average Bonchev–Trinajstić information content (AvgIpc) is 2.72. The van der Waals surface area contributed by atoms with Gasteiger partial charge in [0.05, 0.1) is 7.11 Å². The summed E-state index contributed by atoms with van der Waals surface area (Å²) >= 11 is 0. The Kier molecular flexibility index (Phi) is 4.34. The van der Waals surface area contributed by atoms with Gasteiger partial charge in [0.2, 0.25) is 0 Å². The van der Waals surface area contributed by atoms with Gasteiger partial charge in [0.1, 0.15) is 6.26 Å². The summed E-state index contributed by atoms with van der Waals surface area (Å²) in [6, 6.07) is 0. The first-order chi connectivity index (χ1) is 8.17. The number of rotatable bonds is 5. The number of aryl methyl sites for hydroxylation is 1. The smallest absolute Gasteiger partial charge is 0.360 e. The zero-order valence-electron chi connectivity index (χ0n) is 11.6. The van der Waals surface area contributed by atoms with Crippen molar-refractivity contribution >= 4 is 14.3 Å². The molecule has 6 heteroatoms. The number of ether oxygens (including phenoxy) is 1. The van der Waals surface area contributed by atoms with Crippen LogP contribution in [0.25, 0.3) is 0 Å². The van der Waals surface area contributed by atoms with Gasteiger partial charge in [-0.3, -0.25) is 0 Å². The number of hydrogen-bond acceptors (Lipinski definition) is 5. The zero-order chi connectivity index (χ0) is 14.0. The molecule has 5 nitrogen and oxygen atoms in total. The van der Waals surface area contributed by atoms with Crippen LogP contribution in [0.5, 0.6) is 0 Å². The number of hydrogen-bond donors (Lipinski definition) is 1. The van der Waals surface area contributed by atoms with Gasteiger partial charge in [-0.05, 0) is 24.6 Å². The normalized spacial score (nSPS) is 12.6. The molecule has 1 heterocycles. The van der Waals surface area contributed by atoms with Crippen LogP contribution in [0.3, 0.4) is 0 Å². The van der Waals surface area contributed by atoms with E-state index in [4.69, 9.17) is 4.42 Å². The standard InChI is InChI=1S/C12H21NO4Si/c1-12(2,18(4,5)15)7-6-10-13-9(8-17-10)11(14)16-3/h8,15H,6-7H2,1-5H3. The molecule has 0 fully saturated rings. The molecule has 1 aromatic rings. The van der Waals surface area contributed by atoms with Crippen molar-refractivity contribution in [2.45, 2.75) is 44.8 Å². The third-order valence-corrected chi connectivity index (χ3v) is 7.13. The minimum Gasteiger partial charge on any atom is -0.464 e. The summed E-state index contributed by atoms with van der Waals surface area (Å²) in [5, 5.41) is -0.132. The van der Waals surface area contributed by atoms with Crippen molar-refractivity contribution in [2.24, 2.45) is 0 Å². The van der Waals surface area contributed by atoms with Crippen molar-refractivity contribution in [1.82, 2.24) is 4.98 Å². The van der Waals surface area contributed by atoms with Crippen LogP contribution in [0.15, 0.2) is 10.7 Å². The molecule has 0 aromatic carbocycles. The summed E-state index contributed by atoms with van der Waals surface area (Å²) in [5.74, 6) is 0.00264. The van der Waals surface area contributed by atoms with E-state index in [0.717, 1.165) is 6.42 Å². The lowest BCUT2D eigenvalue weighted by Gasteiger charge is -2.34. The summed E-state index contributed by atoms with van der Waals surface area (Å²) in [6.07, 6.45) is 2.67. The molecule has 0 atom stereocenters. The van der Waals surface area contributed by atoms with Gasteiger partial charge >= 0.3 is 5.97 Å². The van der Waals surface area contributed by atoms with Crippen LogP contribution in [0, 0.1) is 0 Å². The fourth-order valence-corrected chi connectivity index (χ4v) is 2.09. The largest absolute Gasteiger partial charge is 0.464 e. The topological polar surface area (TPSA) is 72.6 Å². The molecule has 0 bridgehead atoms. The Morgan fingerprint density at radius 1 is 1.56 bits per heavy atom. The lowest BCUT2D eigenvalue weighted by Crippen LogP contribution is -2.39. The first-order valence-corrected chi connectivity index (χ1v) is 8.87. The maximum atomic E-state index is 11.2. The number of carbonyl (C=O) groups is 1. The highest BCUT2D eigenvalue weighted by molar-refractivity contribution is 6.72. The molecule has 1 rings (SSSR count). The molecule has 18 heavy (non-hydrogen) atoms. The highest BCUT2D eigenvalue weighted by atomic mass is 28.4. The van der Waals surface area contributed by atoms with Crippen molar-refractivity contribution < 1.29 is 18.7 Å². The maximum absolute atomic E-state index is 11.2. The van der Waals surface area contributed by atoms with Crippen LogP contribution in [0.2, 0.25) is 18.1 Å². The zero-order valence-corrected chi connectivity index (χ0v) is 12.6. The van der Waals surface area contributed by atoms with E-state index in [1.165, 1.54) is 13.4 Å². The number of nitrogens with zero attached hydrogens (tertiary/aromatic N) is 1. The van der Waals surface area contributed by atoms with E-state index in [2.05, 4.69) is 9.72 Å². The molecular weight excluding hydrogens is 250 g/mol. The fraction of sp³-hybridized carbons (Fsp3) is 0.667. The molecule has 0 saturated heterocycles. The van der Waals surface area contributed by atoms with Crippen LogP contribution in [0.4, 0.5) is 0 Å². The molecule has 102 valence electrons. The minimum absolute atomic E-state index is 0.132. The van der Waals surface area contributed by atoms with Crippen LogP contribution in [0.1, 0.15) is 36.6 Å². The van der Waals surface area contributed by atoms with Gasteiger partial charge in [0, 0.05) is 6.42 Å². The molecule has 0 radical (unpaired) electrons. The van der Waals surface area contributed by atoms with Crippen molar-refractivity contribution in [3.8, 4) is 0 Å². The van der Waals surface area contributed by atoms with E-state index in [9.17, 15) is 9.59 Å². The Bertz CT molecular complexity index is 420. The second kappa shape index (κ2) is 5.24. The Morgan fingerprint density at radius 3 is 2.67 bits per heavy atom. The van der Waals surface area contributed by atoms with Crippen LogP contribution in [-0.2, 0) is 11.2 Å². The molecule has 1 N–H and O–H groups in total. The Balaban J connectivity index is 2.65. The predicted octanol–water partition coefficient (Wildman–Crippen LogP) is 2.37. The lowest BCUT2D eigenvalue weighted by atomic mass is 10.1. The highest BCUT2D eigenvalue weighted by Crippen LogP contribution is 2.39. The summed E-state index contributed by atoms with van der Waals surface area (Å²) in [4.78, 5) is 25.4. The SMILES string of the molecule is COC(=O)c1coc(CCC(C)(C)[Si](C)(C)O)n1. The average molecular weight is 271 g/mol. The van der Waals surface area contributed by atoms with E-state index >= 15 is 0 Å². The van der Waals surface area contributed by atoms with E-state index in [-0.39, 0.29) is 10.7 Å². The molecule has 0 amide bonds. The molecule has 0 aliphatic rings. The Morgan fingerprint density at radius 2 is 2.17 bits per heavy atom. The number of esters is 1. The molecule has 1 aromatic heterocycles. The second-order valence-electron chi connectivity index (χ2n) is 5.56. The first-order valence-electron chi connectivity index (χ1n) is 5.92. The molecule has 0 saturated carbocycles. The van der Waals surface area contributed by atoms with Crippen molar-refractivity contribution in [3.63, 3.8) is 0 Å². The van der Waals surface area contributed by atoms with Gasteiger partial charge in [-0.1, -0.05) is 13.8 Å². The predicted molar refractivity (Wildman–Crippen MR) is 69.9 cm³/mol. The Hall–Kier alpha value is -1.14. The van der Waals surface area contributed by atoms with Gasteiger partial charge in [-0.25, -0.2) is 9.78 Å². The van der Waals surface area contributed by atoms with Gasteiger partial charge in [-0.15, -0.1) is 0 Å². The number of methoxy groups -OCH3 is 1. The van der Waals surface area contributed by atoms with Gasteiger partial charge in [0.25, 0.3) is 0 Å². The number of carbonyl (C=O) groups excluding carboxylic acids is 1. The Labute approximate surface area is 108 Å². The summed E-state index contributed by atoms with van der Waals surface area (Å²) in [6.45, 7) is 7.93. The van der Waals surface area contributed by atoms with Crippen LogP contribution in [-0.4, -0.2) is 31.2 Å². The van der Waals surface area contributed by atoms with Crippen molar-refractivity contribution in [1.29, 1.82) is 0 Å². The third kappa shape index (κ3) is 3.43. The van der Waals surface area contributed by atoms with E-state index < -0.39 is 14.3 Å². The number of aromatic nitrogens is 1. The number of oxazole rings is 1. The van der Waals surface area contributed by atoms with Crippen LogP contribution < -0.4 is 0 Å². The van der Waals surface area contributed by atoms with E-state index in [1.807, 2.05) is 26.9 Å². The molecule has 0 unspecified atom stereocenters. The molecular formula is C12H21NO4Si. The minimum atomic E-state index is -2.22. The van der Waals surface area contributed by atoms with Crippen molar-refractivity contribution in [3.05, 3.63) is 17.8 Å². The van der Waals surface area contributed by atoms with Crippen LogP contribution >= 0.6 is 0 Å². The van der Waals surface area contributed by atoms with E-state index in [0.29, 0.717) is 12.3 Å². The highest BCUT2D eigenvalue weighted by Gasteiger charge is 2.37. The molecule has 0 aliphatic carbocycles. The second-order valence-corrected chi connectivity index (χ2v) is 10.0.